The Labute approximate surface area is 187 Å². The molecular formula is C26H42O5. The summed E-state index contributed by atoms with van der Waals surface area (Å²) in [4.78, 5) is 23.5. The van der Waals surface area contributed by atoms with Crippen LogP contribution in [0.15, 0.2) is 0 Å². The summed E-state index contributed by atoms with van der Waals surface area (Å²) in [6, 6.07) is 0. The lowest BCUT2D eigenvalue weighted by atomic mass is 9.41. The predicted molar refractivity (Wildman–Crippen MR) is 118 cm³/mol. The Hall–Kier alpha value is -0.940. The molecule has 4 aliphatic rings. The zero-order valence-corrected chi connectivity index (χ0v) is 19.7. The molecule has 0 aromatic rings. The third-order valence-corrected chi connectivity index (χ3v) is 10.7. The van der Waals surface area contributed by atoms with Crippen LogP contribution in [0.25, 0.3) is 0 Å². The monoisotopic (exact) mass is 434 g/mol. The number of aliphatic carboxylic acids is 1. The van der Waals surface area contributed by atoms with E-state index in [1.807, 2.05) is 0 Å². The molecule has 176 valence electrons. The third kappa shape index (κ3) is 3.49. The first-order chi connectivity index (χ1) is 14.5. The van der Waals surface area contributed by atoms with Crippen LogP contribution in [0.2, 0.25) is 0 Å². The molecule has 0 aromatic carbocycles. The Morgan fingerprint density at radius 3 is 2.52 bits per heavy atom. The number of Topliss-reactive ketones (excluding diaryl/α,β-unsaturated/α-hetero) is 1. The molecule has 5 heteroatoms. The standard InChI is InChI=1S/C26H42O5/c1-5-16-19-12-15(27)10-11-25(19,3)23-20(28)13-26(4)17(14(2)6-9-21(29)30)7-8-18(26)22(23)24(16)31/h14,16-20,22-24,28,31H,5-13H2,1-4H3,(H,29,30)/t14-,16-,17-,18+,19+,20+,22+,23+,24-,25+,26-/m1/s1. The van der Waals surface area contributed by atoms with Crippen molar-refractivity contribution in [3.8, 4) is 0 Å². The summed E-state index contributed by atoms with van der Waals surface area (Å²) in [6.45, 7) is 8.91. The maximum absolute atomic E-state index is 12.3. The molecule has 4 rings (SSSR count). The second kappa shape index (κ2) is 8.13. The van der Waals surface area contributed by atoms with Crippen LogP contribution in [-0.2, 0) is 9.59 Å². The van der Waals surface area contributed by atoms with E-state index in [1.54, 1.807) is 0 Å². The normalized spacial score (nSPS) is 50.3. The van der Waals surface area contributed by atoms with Crippen LogP contribution < -0.4 is 0 Å². The molecule has 0 aromatic heterocycles. The predicted octanol–water partition coefficient (Wildman–Crippen LogP) is 4.29. The van der Waals surface area contributed by atoms with Gasteiger partial charge in [-0.25, -0.2) is 0 Å². The van der Waals surface area contributed by atoms with Crippen molar-refractivity contribution in [3.63, 3.8) is 0 Å². The molecule has 0 bridgehead atoms. The van der Waals surface area contributed by atoms with Crippen LogP contribution in [0.4, 0.5) is 0 Å². The summed E-state index contributed by atoms with van der Waals surface area (Å²) in [5.74, 6) is 1.03. The number of hydrogen-bond acceptors (Lipinski definition) is 4. The van der Waals surface area contributed by atoms with E-state index in [0.29, 0.717) is 42.8 Å². The van der Waals surface area contributed by atoms with Crippen LogP contribution in [-0.4, -0.2) is 39.3 Å². The van der Waals surface area contributed by atoms with Crippen LogP contribution in [0, 0.1) is 52.3 Å². The van der Waals surface area contributed by atoms with E-state index in [0.717, 1.165) is 32.1 Å². The summed E-state index contributed by atoms with van der Waals surface area (Å²) in [7, 11) is 0. The van der Waals surface area contributed by atoms with Crippen LogP contribution in [0.5, 0.6) is 0 Å². The molecule has 0 saturated heterocycles. The highest BCUT2D eigenvalue weighted by Crippen LogP contribution is 2.69. The largest absolute Gasteiger partial charge is 0.481 e. The molecule has 5 nitrogen and oxygen atoms in total. The first-order valence-corrected chi connectivity index (χ1v) is 12.6. The molecule has 0 radical (unpaired) electrons. The SMILES string of the molecule is CC[C@H]1[C@@H](O)[C@@H]2[C@H]([C@@H](O)C[C@]3(C)[C@@H]([C@H](C)CCC(=O)O)CC[C@@H]23)[C@@]2(C)CCC(=O)C[C@@H]12. The van der Waals surface area contributed by atoms with Gasteiger partial charge in [0.2, 0.25) is 0 Å². The van der Waals surface area contributed by atoms with Crippen molar-refractivity contribution in [3.05, 3.63) is 0 Å². The minimum absolute atomic E-state index is 0.0505. The van der Waals surface area contributed by atoms with Crippen molar-refractivity contribution in [2.24, 2.45) is 52.3 Å². The van der Waals surface area contributed by atoms with Crippen molar-refractivity contribution in [1.82, 2.24) is 0 Å². The van der Waals surface area contributed by atoms with Crippen molar-refractivity contribution in [1.29, 1.82) is 0 Å². The maximum atomic E-state index is 12.3. The van der Waals surface area contributed by atoms with Crippen LogP contribution >= 0.6 is 0 Å². The lowest BCUT2D eigenvalue weighted by Gasteiger charge is -2.65. The van der Waals surface area contributed by atoms with Crippen molar-refractivity contribution in [2.45, 2.75) is 97.7 Å². The zero-order chi connectivity index (χ0) is 22.7. The summed E-state index contributed by atoms with van der Waals surface area (Å²) < 4.78 is 0. The number of fused-ring (bicyclic) bond motifs is 5. The Bertz CT molecular complexity index is 721. The summed E-state index contributed by atoms with van der Waals surface area (Å²) in [6.07, 6.45) is 5.65. The van der Waals surface area contributed by atoms with E-state index < -0.39 is 18.2 Å². The van der Waals surface area contributed by atoms with E-state index >= 15 is 0 Å². The second-order valence-corrected chi connectivity index (χ2v) is 12.0. The third-order valence-electron chi connectivity index (χ3n) is 10.7. The average Bonchev–Trinajstić information content (AvgIpc) is 3.04. The molecule has 0 amide bonds. The summed E-state index contributed by atoms with van der Waals surface area (Å²) in [5, 5.41) is 32.4. The molecule has 0 unspecified atom stereocenters. The number of carbonyl (C=O) groups is 2. The quantitative estimate of drug-likeness (QED) is 0.600. The van der Waals surface area contributed by atoms with Gasteiger partial charge in [-0.15, -0.1) is 0 Å². The van der Waals surface area contributed by atoms with Gasteiger partial charge >= 0.3 is 5.97 Å². The lowest BCUT2D eigenvalue weighted by molar-refractivity contribution is -0.227. The molecular weight excluding hydrogens is 392 g/mol. The van der Waals surface area contributed by atoms with Gasteiger partial charge in [0.15, 0.2) is 0 Å². The Morgan fingerprint density at radius 1 is 1.16 bits per heavy atom. The Kier molecular flexibility index (Phi) is 6.09. The number of carbonyl (C=O) groups excluding carboxylic acids is 1. The fourth-order valence-electron chi connectivity index (χ4n) is 9.41. The van der Waals surface area contributed by atoms with Crippen LogP contribution in [0.1, 0.15) is 85.5 Å². The molecule has 4 fully saturated rings. The lowest BCUT2D eigenvalue weighted by Crippen LogP contribution is -2.65. The Balaban J connectivity index is 1.67. The van der Waals surface area contributed by atoms with E-state index in [-0.39, 0.29) is 40.9 Å². The molecule has 0 spiro atoms. The number of carboxylic acids is 1. The number of aliphatic hydroxyl groups is 2. The fraction of sp³-hybridized carbons (Fsp3) is 0.923. The maximum Gasteiger partial charge on any atom is 0.303 e. The molecule has 0 aliphatic heterocycles. The number of hydrogen-bond donors (Lipinski definition) is 3. The van der Waals surface area contributed by atoms with Gasteiger partial charge in [0.25, 0.3) is 0 Å². The number of aliphatic hydroxyl groups excluding tert-OH is 2. The van der Waals surface area contributed by atoms with Gasteiger partial charge in [-0.05, 0) is 84.4 Å². The fourth-order valence-corrected chi connectivity index (χ4v) is 9.41. The van der Waals surface area contributed by atoms with Gasteiger partial charge < -0.3 is 15.3 Å². The van der Waals surface area contributed by atoms with E-state index in [4.69, 9.17) is 5.11 Å². The highest BCUT2D eigenvalue weighted by atomic mass is 16.4. The zero-order valence-electron chi connectivity index (χ0n) is 19.7. The number of rotatable bonds is 5. The average molecular weight is 435 g/mol. The second-order valence-electron chi connectivity index (χ2n) is 12.0. The molecule has 11 atom stereocenters. The van der Waals surface area contributed by atoms with E-state index in [2.05, 4.69) is 27.7 Å². The van der Waals surface area contributed by atoms with Gasteiger partial charge in [0.1, 0.15) is 5.78 Å². The molecule has 4 saturated carbocycles. The van der Waals surface area contributed by atoms with E-state index in [1.165, 1.54) is 0 Å². The molecule has 3 N–H and O–H groups in total. The van der Waals surface area contributed by atoms with Crippen molar-refractivity contribution >= 4 is 11.8 Å². The Morgan fingerprint density at radius 2 is 1.87 bits per heavy atom. The van der Waals surface area contributed by atoms with Gasteiger partial charge in [-0.2, -0.15) is 0 Å². The van der Waals surface area contributed by atoms with Gasteiger partial charge in [-0.3, -0.25) is 9.59 Å². The van der Waals surface area contributed by atoms with E-state index in [9.17, 15) is 19.8 Å². The van der Waals surface area contributed by atoms with Crippen LogP contribution in [0.3, 0.4) is 0 Å². The first kappa shape index (κ1) is 23.2. The molecule has 4 aliphatic carbocycles. The molecule has 0 heterocycles. The molecule has 31 heavy (non-hydrogen) atoms. The topological polar surface area (TPSA) is 94.8 Å². The van der Waals surface area contributed by atoms with Gasteiger partial charge in [0, 0.05) is 19.3 Å². The number of ketones is 1. The smallest absolute Gasteiger partial charge is 0.303 e. The first-order valence-electron chi connectivity index (χ1n) is 12.6. The number of carboxylic acid groups (broad SMARTS) is 1. The summed E-state index contributed by atoms with van der Waals surface area (Å²) in [5.41, 5.74) is -0.155. The van der Waals surface area contributed by atoms with Gasteiger partial charge in [-0.1, -0.05) is 34.1 Å². The summed E-state index contributed by atoms with van der Waals surface area (Å²) >= 11 is 0. The minimum Gasteiger partial charge on any atom is -0.481 e. The highest BCUT2D eigenvalue weighted by molar-refractivity contribution is 5.79. The van der Waals surface area contributed by atoms with Crippen molar-refractivity contribution in [2.75, 3.05) is 0 Å². The van der Waals surface area contributed by atoms with Crippen molar-refractivity contribution < 1.29 is 24.9 Å². The highest BCUT2D eigenvalue weighted by Gasteiger charge is 2.67. The van der Waals surface area contributed by atoms with Gasteiger partial charge in [0.05, 0.1) is 12.2 Å². The minimum atomic E-state index is -0.741.